The van der Waals surface area contributed by atoms with E-state index >= 15 is 0 Å². The summed E-state index contributed by atoms with van der Waals surface area (Å²) in [5.74, 6) is 0.458. The summed E-state index contributed by atoms with van der Waals surface area (Å²) in [6, 6.07) is 6.99. The second-order valence-electron chi connectivity index (χ2n) is 3.83. The molecule has 0 saturated carbocycles. The highest BCUT2D eigenvalue weighted by Gasteiger charge is 2.27. The van der Waals surface area contributed by atoms with E-state index in [2.05, 4.69) is 15.3 Å². The van der Waals surface area contributed by atoms with Crippen LogP contribution in [-0.4, -0.2) is 29.8 Å². The number of benzene rings is 1. The van der Waals surface area contributed by atoms with Crippen molar-refractivity contribution in [1.29, 1.82) is 0 Å². The van der Waals surface area contributed by atoms with Crippen LogP contribution in [0.25, 0.3) is 10.9 Å². The molecule has 7 heteroatoms. The lowest BCUT2D eigenvalue weighted by Gasteiger charge is -2.11. The van der Waals surface area contributed by atoms with Crippen molar-refractivity contribution < 1.29 is 17.9 Å². The first-order valence-corrected chi connectivity index (χ1v) is 5.64. The molecule has 2 rings (SSSR count). The fraction of sp³-hybridized carbons (Fsp3) is 0.333. The highest BCUT2D eigenvalue weighted by molar-refractivity contribution is 5.84. The lowest BCUT2D eigenvalue weighted by Crippen LogP contribution is -2.14. The van der Waals surface area contributed by atoms with Crippen molar-refractivity contribution in [3.05, 3.63) is 24.3 Å². The summed E-state index contributed by atoms with van der Waals surface area (Å²) < 4.78 is 41.4. The maximum atomic E-state index is 12.1. The Morgan fingerprint density at radius 3 is 2.63 bits per heavy atom. The Balaban J connectivity index is 2.25. The fourth-order valence-corrected chi connectivity index (χ4v) is 1.53. The number of nitrogens with zero attached hydrogens (tertiary/aromatic N) is 2. The SMILES string of the molecule is CNc1nc(OCCC(F)(F)F)c2ccccc2n1. The molecular formula is C12H12F3N3O. The molecule has 1 N–H and O–H groups in total. The van der Waals surface area contributed by atoms with Gasteiger partial charge in [-0.2, -0.15) is 18.2 Å². The summed E-state index contributed by atoms with van der Waals surface area (Å²) in [6.07, 6.45) is -5.26. The number of rotatable bonds is 4. The molecule has 2 aromatic rings. The predicted molar refractivity (Wildman–Crippen MR) is 65.3 cm³/mol. The molecule has 0 radical (unpaired) electrons. The molecule has 0 aliphatic heterocycles. The molecule has 0 aliphatic carbocycles. The van der Waals surface area contributed by atoms with E-state index in [0.717, 1.165) is 0 Å². The standard InChI is InChI=1S/C12H12F3N3O/c1-16-11-17-9-5-3-2-4-8(9)10(18-11)19-7-6-12(13,14)15/h2-5H,6-7H2,1H3,(H,16,17,18). The van der Waals surface area contributed by atoms with Crippen LogP contribution in [0.15, 0.2) is 24.3 Å². The number of para-hydroxylation sites is 1. The van der Waals surface area contributed by atoms with Crippen LogP contribution in [0.5, 0.6) is 5.88 Å². The normalized spacial score (nSPS) is 11.6. The van der Waals surface area contributed by atoms with Crippen LogP contribution in [0.3, 0.4) is 0 Å². The number of ether oxygens (including phenoxy) is 1. The van der Waals surface area contributed by atoms with E-state index < -0.39 is 19.2 Å². The van der Waals surface area contributed by atoms with Crippen molar-refractivity contribution in [2.45, 2.75) is 12.6 Å². The number of anilines is 1. The largest absolute Gasteiger partial charge is 0.477 e. The van der Waals surface area contributed by atoms with Crippen molar-refractivity contribution in [2.75, 3.05) is 19.0 Å². The Morgan fingerprint density at radius 2 is 1.95 bits per heavy atom. The van der Waals surface area contributed by atoms with Crippen LogP contribution in [0, 0.1) is 0 Å². The van der Waals surface area contributed by atoms with Crippen LogP contribution in [-0.2, 0) is 0 Å². The van der Waals surface area contributed by atoms with Gasteiger partial charge in [-0.25, -0.2) is 4.98 Å². The first kappa shape index (κ1) is 13.4. The Hall–Kier alpha value is -2.05. The number of nitrogens with one attached hydrogen (secondary N) is 1. The molecule has 1 aromatic carbocycles. The maximum Gasteiger partial charge on any atom is 0.392 e. The summed E-state index contributed by atoms with van der Waals surface area (Å²) in [4.78, 5) is 8.21. The van der Waals surface area contributed by atoms with Gasteiger partial charge in [0.2, 0.25) is 11.8 Å². The van der Waals surface area contributed by atoms with E-state index in [9.17, 15) is 13.2 Å². The maximum absolute atomic E-state index is 12.1. The average molecular weight is 271 g/mol. The molecule has 0 unspecified atom stereocenters. The molecule has 0 spiro atoms. The molecule has 1 heterocycles. The third-order valence-electron chi connectivity index (χ3n) is 2.42. The van der Waals surface area contributed by atoms with Gasteiger partial charge in [-0.05, 0) is 12.1 Å². The lowest BCUT2D eigenvalue weighted by molar-refractivity contribution is -0.139. The topological polar surface area (TPSA) is 47.0 Å². The molecule has 0 saturated heterocycles. The highest BCUT2D eigenvalue weighted by Crippen LogP contribution is 2.25. The molecule has 1 aromatic heterocycles. The quantitative estimate of drug-likeness (QED) is 0.928. The van der Waals surface area contributed by atoms with Gasteiger partial charge in [-0.3, -0.25) is 0 Å². The summed E-state index contributed by atoms with van der Waals surface area (Å²) >= 11 is 0. The number of hydrogen-bond acceptors (Lipinski definition) is 4. The van der Waals surface area contributed by atoms with Gasteiger partial charge >= 0.3 is 6.18 Å². The minimum absolute atomic E-state index is 0.152. The van der Waals surface area contributed by atoms with Crippen molar-refractivity contribution >= 4 is 16.9 Å². The smallest absolute Gasteiger partial charge is 0.392 e. The van der Waals surface area contributed by atoms with E-state index in [4.69, 9.17) is 4.74 Å². The summed E-state index contributed by atoms with van der Waals surface area (Å²) in [5.41, 5.74) is 0.615. The zero-order chi connectivity index (χ0) is 13.9. The second kappa shape index (κ2) is 5.29. The van der Waals surface area contributed by atoms with Crippen LogP contribution < -0.4 is 10.1 Å². The second-order valence-corrected chi connectivity index (χ2v) is 3.83. The number of aromatic nitrogens is 2. The van der Waals surface area contributed by atoms with Crippen LogP contribution in [0.4, 0.5) is 19.1 Å². The molecule has 0 fully saturated rings. The highest BCUT2D eigenvalue weighted by atomic mass is 19.4. The lowest BCUT2D eigenvalue weighted by atomic mass is 10.2. The van der Waals surface area contributed by atoms with Gasteiger partial charge < -0.3 is 10.1 Å². The van der Waals surface area contributed by atoms with Crippen LogP contribution >= 0.6 is 0 Å². The molecule has 0 bridgehead atoms. The number of fused-ring (bicyclic) bond motifs is 1. The third kappa shape index (κ3) is 3.46. The van der Waals surface area contributed by atoms with E-state index in [1.807, 2.05) is 0 Å². The molecule has 102 valence electrons. The van der Waals surface area contributed by atoms with E-state index in [1.165, 1.54) is 0 Å². The Kier molecular flexibility index (Phi) is 3.73. The van der Waals surface area contributed by atoms with Gasteiger partial charge in [0.25, 0.3) is 0 Å². The minimum atomic E-state index is -4.24. The van der Waals surface area contributed by atoms with Crippen molar-refractivity contribution in [3.63, 3.8) is 0 Å². The van der Waals surface area contributed by atoms with Crippen molar-refractivity contribution in [3.8, 4) is 5.88 Å². The molecule has 4 nitrogen and oxygen atoms in total. The van der Waals surface area contributed by atoms with Crippen LogP contribution in [0.1, 0.15) is 6.42 Å². The van der Waals surface area contributed by atoms with Gasteiger partial charge in [-0.15, -0.1) is 0 Å². The molecular weight excluding hydrogens is 259 g/mol. The van der Waals surface area contributed by atoms with E-state index in [0.29, 0.717) is 16.9 Å². The molecule has 19 heavy (non-hydrogen) atoms. The summed E-state index contributed by atoms with van der Waals surface area (Å²) in [5, 5.41) is 3.33. The third-order valence-corrected chi connectivity index (χ3v) is 2.42. The number of hydrogen-bond donors (Lipinski definition) is 1. The zero-order valence-electron chi connectivity index (χ0n) is 10.2. The zero-order valence-corrected chi connectivity index (χ0v) is 10.2. The number of alkyl halides is 3. The monoisotopic (exact) mass is 271 g/mol. The molecule has 0 amide bonds. The summed E-state index contributed by atoms with van der Waals surface area (Å²) in [6.45, 7) is -0.465. The minimum Gasteiger partial charge on any atom is -0.477 e. The fourth-order valence-electron chi connectivity index (χ4n) is 1.53. The predicted octanol–water partition coefficient (Wildman–Crippen LogP) is 3.00. The van der Waals surface area contributed by atoms with Gasteiger partial charge in [0, 0.05) is 7.05 Å². The van der Waals surface area contributed by atoms with E-state index in [1.54, 1.807) is 31.3 Å². The van der Waals surface area contributed by atoms with E-state index in [-0.39, 0.29) is 5.88 Å². The Bertz CT molecular complexity index is 572. The Labute approximate surface area is 107 Å². The van der Waals surface area contributed by atoms with Crippen LogP contribution in [0.2, 0.25) is 0 Å². The molecule has 0 atom stereocenters. The van der Waals surface area contributed by atoms with Crippen molar-refractivity contribution in [2.24, 2.45) is 0 Å². The van der Waals surface area contributed by atoms with Gasteiger partial charge in [0.15, 0.2) is 0 Å². The Morgan fingerprint density at radius 1 is 1.21 bits per heavy atom. The van der Waals surface area contributed by atoms with Gasteiger partial charge in [-0.1, -0.05) is 12.1 Å². The summed E-state index contributed by atoms with van der Waals surface area (Å²) in [7, 11) is 1.63. The first-order valence-electron chi connectivity index (χ1n) is 5.64. The first-order chi connectivity index (χ1) is 8.99. The average Bonchev–Trinajstić information content (AvgIpc) is 2.37. The van der Waals surface area contributed by atoms with Crippen molar-refractivity contribution in [1.82, 2.24) is 9.97 Å². The molecule has 0 aliphatic rings. The number of halogens is 3. The van der Waals surface area contributed by atoms with Gasteiger partial charge in [0.05, 0.1) is 23.9 Å². The van der Waals surface area contributed by atoms with Gasteiger partial charge in [0.1, 0.15) is 0 Å².